The molecule has 1 aromatic carbocycles. The third kappa shape index (κ3) is 2.75. The highest BCUT2D eigenvalue weighted by molar-refractivity contribution is 5.43. The van der Waals surface area contributed by atoms with Gasteiger partial charge in [-0.25, -0.2) is 0 Å². The van der Waals surface area contributed by atoms with Gasteiger partial charge < -0.3 is 10.2 Å². The van der Waals surface area contributed by atoms with Gasteiger partial charge in [0.2, 0.25) is 5.95 Å². The average Bonchev–Trinajstić information content (AvgIpc) is 3.08. The Morgan fingerprint density at radius 1 is 1.09 bits per heavy atom. The minimum atomic E-state index is 0.548. The Kier molecular flexibility index (Phi) is 3.62. The summed E-state index contributed by atoms with van der Waals surface area (Å²) in [6.45, 7) is 1.82. The maximum atomic E-state index is 4.67. The molecule has 0 radical (unpaired) electrons. The van der Waals surface area contributed by atoms with Crippen molar-refractivity contribution in [3.05, 3.63) is 41.6 Å². The molecule has 2 aromatic rings. The molecule has 0 unspecified atom stereocenters. The summed E-state index contributed by atoms with van der Waals surface area (Å²) in [5, 5.41) is 11.9. The molecule has 5 heteroatoms. The smallest absolute Gasteiger partial charge is 0.247 e. The van der Waals surface area contributed by atoms with Gasteiger partial charge in [0.05, 0.1) is 6.20 Å². The van der Waals surface area contributed by atoms with E-state index in [4.69, 9.17) is 0 Å². The Bertz CT molecular complexity index is 651. The minimum Gasteiger partial charge on any atom is -0.366 e. The highest BCUT2D eigenvalue weighted by atomic mass is 15.3. The van der Waals surface area contributed by atoms with Crippen LogP contribution in [-0.4, -0.2) is 27.8 Å². The molecule has 2 aliphatic rings. The molecule has 1 aliphatic heterocycles. The fourth-order valence-corrected chi connectivity index (χ4v) is 3.44. The number of anilines is 2. The highest BCUT2D eigenvalue weighted by Gasteiger charge is 2.20. The molecule has 0 spiro atoms. The molecule has 4 rings (SSSR count). The van der Waals surface area contributed by atoms with Crippen LogP contribution in [0, 0.1) is 0 Å². The zero-order valence-corrected chi connectivity index (χ0v) is 12.7. The molecule has 1 aromatic heterocycles. The summed E-state index contributed by atoms with van der Waals surface area (Å²) < 4.78 is 0. The van der Waals surface area contributed by atoms with Gasteiger partial charge >= 0.3 is 0 Å². The van der Waals surface area contributed by atoms with Gasteiger partial charge in [0.1, 0.15) is 0 Å². The number of fused-ring (bicyclic) bond motifs is 1. The van der Waals surface area contributed by atoms with Crippen molar-refractivity contribution in [2.24, 2.45) is 0 Å². The van der Waals surface area contributed by atoms with Crippen LogP contribution in [0.2, 0.25) is 0 Å². The quantitative estimate of drug-likeness (QED) is 0.943. The van der Waals surface area contributed by atoms with Gasteiger partial charge in [-0.3, -0.25) is 0 Å². The summed E-state index contributed by atoms with van der Waals surface area (Å²) in [7, 11) is 0. The van der Waals surface area contributed by atoms with Crippen molar-refractivity contribution in [1.82, 2.24) is 15.2 Å². The van der Waals surface area contributed by atoms with Gasteiger partial charge in [0.25, 0.3) is 0 Å². The van der Waals surface area contributed by atoms with Crippen LogP contribution >= 0.6 is 0 Å². The fraction of sp³-hybridized carbons (Fsp3) is 0.471. The SMILES string of the molecule is c1ccc2c(c1)CCN(c1nncc(NC3CCCC3)n1)C2. The van der Waals surface area contributed by atoms with Crippen molar-refractivity contribution < 1.29 is 0 Å². The maximum absolute atomic E-state index is 4.67. The van der Waals surface area contributed by atoms with Gasteiger partial charge in [0, 0.05) is 19.1 Å². The van der Waals surface area contributed by atoms with Crippen molar-refractivity contribution in [3.8, 4) is 0 Å². The standard InChI is InChI=1S/C17H21N5/c1-2-6-14-12-22(10-9-13(14)5-1)17-20-16(11-18-21-17)19-15-7-3-4-8-15/h1-2,5-6,11,15H,3-4,7-10,12H2,(H,19,20,21). The summed E-state index contributed by atoms with van der Waals surface area (Å²) in [5.41, 5.74) is 2.80. The summed E-state index contributed by atoms with van der Waals surface area (Å²) in [6.07, 6.45) is 7.87. The topological polar surface area (TPSA) is 53.9 Å². The van der Waals surface area contributed by atoms with Crippen LogP contribution in [0.1, 0.15) is 36.8 Å². The van der Waals surface area contributed by atoms with Gasteiger partial charge in [-0.15, -0.1) is 5.10 Å². The Morgan fingerprint density at radius 2 is 1.91 bits per heavy atom. The third-order valence-corrected chi connectivity index (χ3v) is 4.67. The number of nitrogens with zero attached hydrogens (tertiary/aromatic N) is 4. The lowest BCUT2D eigenvalue weighted by atomic mass is 10.0. The second kappa shape index (κ2) is 5.91. The van der Waals surface area contributed by atoms with E-state index in [1.54, 1.807) is 6.20 Å². The van der Waals surface area contributed by atoms with Crippen molar-refractivity contribution in [2.75, 3.05) is 16.8 Å². The lowest BCUT2D eigenvalue weighted by Gasteiger charge is -2.28. The van der Waals surface area contributed by atoms with Crippen LogP contribution in [0.4, 0.5) is 11.8 Å². The Balaban J connectivity index is 1.51. The average molecular weight is 295 g/mol. The first-order chi connectivity index (χ1) is 10.9. The first kappa shape index (κ1) is 13.5. The Morgan fingerprint density at radius 3 is 2.77 bits per heavy atom. The maximum Gasteiger partial charge on any atom is 0.247 e. The lowest BCUT2D eigenvalue weighted by Crippen LogP contribution is -2.32. The van der Waals surface area contributed by atoms with E-state index in [0.717, 1.165) is 31.3 Å². The Labute approximate surface area is 130 Å². The van der Waals surface area contributed by atoms with E-state index in [-0.39, 0.29) is 0 Å². The van der Waals surface area contributed by atoms with Crippen LogP contribution < -0.4 is 10.2 Å². The normalized spacial score (nSPS) is 18.3. The summed E-state index contributed by atoms with van der Waals surface area (Å²) in [4.78, 5) is 6.89. The van der Waals surface area contributed by atoms with Gasteiger partial charge in [-0.2, -0.15) is 10.1 Å². The van der Waals surface area contributed by atoms with E-state index >= 15 is 0 Å². The third-order valence-electron chi connectivity index (χ3n) is 4.67. The molecular weight excluding hydrogens is 274 g/mol. The molecule has 22 heavy (non-hydrogen) atoms. The summed E-state index contributed by atoms with van der Waals surface area (Å²) in [5.74, 6) is 1.59. The van der Waals surface area contributed by atoms with Crippen molar-refractivity contribution in [1.29, 1.82) is 0 Å². The van der Waals surface area contributed by atoms with E-state index in [1.165, 1.54) is 36.8 Å². The summed E-state index contributed by atoms with van der Waals surface area (Å²) >= 11 is 0. The number of aromatic nitrogens is 3. The van der Waals surface area contributed by atoms with E-state index in [2.05, 4.69) is 49.7 Å². The molecule has 0 bridgehead atoms. The number of nitrogens with one attached hydrogen (secondary N) is 1. The molecule has 1 N–H and O–H groups in total. The van der Waals surface area contributed by atoms with Crippen molar-refractivity contribution >= 4 is 11.8 Å². The van der Waals surface area contributed by atoms with Crippen LogP contribution in [-0.2, 0) is 13.0 Å². The van der Waals surface area contributed by atoms with Crippen LogP contribution in [0.5, 0.6) is 0 Å². The molecule has 1 saturated carbocycles. The lowest BCUT2D eigenvalue weighted by molar-refractivity contribution is 0.693. The largest absolute Gasteiger partial charge is 0.366 e. The highest BCUT2D eigenvalue weighted by Crippen LogP contribution is 2.24. The predicted molar refractivity (Wildman–Crippen MR) is 86.9 cm³/mol. The van der Waals surface area contributed by atoms with E-state index in [9.17, 15) is 0 Å². The molecule has 1 fully saturated rings. The number of rotatable bonds is 3. The van der Waals surface area contributed by atoms with E-state index in [1.807, 2.05) is 0 Å². The zero-order chi connectivity index (χ0) is 14.8. The molecular formula is C17H21N5. The number of hydrogen-bond donors (Lipinski definition) is 1. The molecule has 0 atom stereocenters. The van der Waals surface area contributed by atoms with E-state index in [0.29, 0.717) is 6.04 Å². The van der Waals surface area contributed by atoms with Crippen LogP contribution in [0.15, 0.2) is 30.5 Å². The number of benzene rings is 1. The second-order valence-corrected chi connectivity index (χ2v) is 6.21. The zero-order valence-electron chi connectivity index (χ0n) is 12.7. The molecule has 0 amide bonds. The Hall–Kier alpha value is -2.17. The van der Waals surface area contributed by atoms with E-state index < -0.39 is 0 Å². The minimum absolute atomic E-state index is 0.548. The monoisotopic (exact) mass is 295 g/mol. The van der Waals surface area contributed by atoms with Crippen LogP contribution in [0.25, 0.3) is 0 Å². The first-order valence-corrected chi connectivity index (χ1v) is 8.16. The molecule has 1 aliphatic carbocycles. The number of hydrogen-bond acceptors (Lipinski definition) is 5. The molecule has 2 heterocycles. The van der Waals surface area contributed by atoms with Gasteiger partial charge in [-0.05, 0) is 30.4 Å². The predicted octanol–water partition coefficient (Wildman–Crippen LogP) is 2.79. The second-order valence-electron chi connectivity index (χ2n) is 6.21. The molecule has 114 valence electrons. The molecule has 0 saturated heterocycles. The van der Waals surface area contributed by atoms with Gasteiger partial charge in [-0.1, -0.05) is 37.1 Å². The molecule has 5 nitrogen and oxygen atoms in total. The summed E-state index contributed by atoms with van der Waals surface area (Å²) in [6, 6.07) is 9.16. The van der Waals surface area contributed by atoms with Gasteiger partial charge in [0.15, 0.2) is 5.82 Å². The van der Waals surface area contributed by atoms with Crippen LogP contribution in [0.3, 0.4) is 0 Å². The van der Waals surface area contributed by atoms with Crippen molar-refractivity contribution in [2.45, 2.75) is 44.7 Å². The fourth-order valence-electron chi connectivity index (χ4n) is 3.44. The first-order valence-electron chi connectivity index (χ1n) is 8.16. The van der Waals surface area contributed by atoms with Crippen molar-refractivity contribution in [3.63, 3.8) is 0 Å².